The number of piperidine rings is 1. The quantitative estimate of drug-likeness (QED) is 0.877. The Morgan fingerprint density at radius 2 is 2.19 bits per heavy atom. The van der Waals surface area contributed by atoms with Crippen LogP contribution in [0.1, 0.15) is 41.7 Å². The van der Waals surface area contributed by atoms with Crippen LogP contribution in [0.5, 0.6) is 0 Å². The Balaban J connectivity index is 1.50. The number of carbonyl (C=O) groups is 2. The summed E-state index contributed by atoms with van der Waals surface area (Å²) in [6.45, 7) is 3.08. The van der Waals surface area contributed by atoms with Gasteiger partial charge in [-0.05, 0) is 55.9 Å². The molecule has 0 bridgehead atoms. The van der Waals surface area contributed by atoms with E-state index in [-0.39, 0.29) is 23.5 Å². The molecular formula is C20H23FN4O2. The first-order valence-corrected chi connectivity index (χ1v) is 9.14. The Bertz CT molecular complexity index is 813. The minimum atomic E-state index is -0.319. The SMILES string of the molecule is Cc1cc(F)ccc1NC(=O)CC[C@H]1CCCN(C(=O)c2cnccn2)C1. The summed E-state index contributed by atoms with van der Waals surface area (Å²) in [7, 11) is 0. The van der Waals surface area contributed by atoms with E-state index in [1.807, 2.05) is 0 Å². The van der Waals surface area contributed by atoms with Gasteiger partial charge in [0.1, 0.15) is 11.5 Å². The number of hydrogen-bond acceptors (Lipinski definition) is 4. The van der Waals surface area contributed by atoms with E-state index in [0.717, 1.165) is 12.8 Å². The first-order chi connectivity index (χ1) is 13.0. The first kappa shape index (κ1) is 18.9. The smallest absolute Gasteiger partial charge is 0.274 e. The average Bonchev–Trinajstić information content (AvgIpc) is 2.69. The van der Waals surface area contributed by atoms with Crippen molar-refractivity contribution >= 4 is 17.5 Å². The molecule has 1 atom stereocenters. The number of benzene rings is 1. The first-order valence-electron chi connectivity index (χ1n) is 9.14. The van der Waals surface area contributed by atoms with Gasteiger partial charge in [0.15, 0.2) is 0 Å². The molecule has 3 rings (SSSR count). The van der Waals surface area contributed by atoms with Gasteiger partial charge in [-0.1, -0.05) is 0 Å². The van der Waals surface area contributed by atoms with Crippen LogP contribution in [-0.2, 0) is 4.79 Å². The minimum absolute atomic E-state index is 0.0953. The van der Waals surface area contributed by atoms with Crippen LogP contribution < -0.4 is 5.32 Å². The Kier molecular flexibility index (Phi) is 6.11. The molecule has 1 aliphatic rings. The molecule has 1 N–H and O–H groups in total. The van der Waals surface area contributed by atoms with Gasteiger partial charge >= 0.3 is 0 Å². The minimum Gasteiger partial charge on any atom is -0.337 e. The number of hydrogen-bond donors (Lipinski definition) is 1. The monoisotopic (exact) mass is 370 g/mol. The second kappa shape index (κ2) is 8.70. The van der Waals surface area contributed by atoms with Crippen molar-refractivity contribution in [1.29, 1.82) is 0 Å². The van der Waals surface area contributed by atoms with E-state index in [1.54, 1.807) is 17.9 Å². The zero-order valence-corrected chi connectivity index (χ0v) is 15.3. The predicted molar refractivity (Wildman–Crippen MR) is 99.7 cm³/mol. The lowest BCUT2D eigenvalue weighted by Gasteiger charge is -2.32. The van der Waals surface area contributed by atoms with Crippen molar-refractivity contribution in [2.45, 2.75) is 32.6 Å². The average molecular weight is 370 g/mol. The number of aryl methyl sites for hydroxylation is 1. The molecule has 0 unspecified atom stereocenters. The van der Waals surface area contributed by atoms with Crippen molar-refractivity contribution in [1.82, 2.24) is 14.9 Å². The van der Waals surface area contributed by atoms with Crippen LogP contribution in [0, 0.1) is 18.7 Å². The molecular weight excluding hydrogens is 347 g/mol. The number of amides is 2. The number of likely N-dealkylation sites (tertiary alicyclic amines) is 1. The fraction of sp³-hybridized carbons (Fsp3) is 0.400. The lowest BCUT2D eigenvalue weighted by atomic mass is 9.93. The normalized spacial score (nSPS) is 16.8. The van der Waals surface area contributed by atoms with Gasteiger partial charge in [0.25, 0.3) is 5.91 Å². The number of anilines is 1. The summed E-state index contributed by atoms with van der Waals surface area (Å²) in [6.07, 6.45) is 7.51. The summed E-state index contributed by atoms with van der Waals surface area (Å²) in [6, 6.07) is 4.30. The lowest BCUT2D eigenvalue weighted by Crippen LogP contribution is -2.40. The summed E-state index contributed by atoms with van der Waals surface area (Å²) in [5.41, 5.74) is 1.67. The van der Waals surface area contributed by atoms with Gasteiger partial charge in [-0.15, -0.1) is 0 Å². The molecule has 7 heteroatoms. The highest BCUT2D eigenvalue weighted by molar-refractivity contribution is 5.92. The molecule has 0 spiro atoms. The zero-order chi connectivity index (χ0) is 19.2. The van der Waals surface area contributed by atoms with E-state index in [0.29, 0.717) is 42.9 Å². The molecule has 1 saturated heterocycles. The molecule has 1 aromatic heterocycles. The van der Waals surface area contributed by atoms with Crippen LogP contribution in [0.4, 0.5) is 10.1 Å². The van der Waals surface area contributed by atoms with E-state index >= 15 is 0 Å². The molecule has 27 heavy (non-hydrogen) atoms. The third-order valence-corrected chi connectivity index (χ3v) is 4.83. The van der Waals surface area contributed by atoms with Crippen LogP contribution in [0.15, 0.2) is 36.8 Å². The molecule has 142 valence electrons. The van der Waals surface area contributed by atoms with E-state index in [2.05, 4.69) is 15.3 Å². The van der Waals surface area contributed by atoms with Gasteiger partial charge < -0.3 is 10.2 Å². The van der Waals surface area contributed by atoms with Crippen molar-refractivity contribution in [2.75, 3.05) is 18.4 Å². The number of aromatic nitrogens is 2. The maximum absolute atomic E-state index is 13.1. The Labute approximate surface area is 157 Å². The van der Waals surface area contributed by atoms with Crippen LogP contribution in [-0.4, -0.2) is 39.8 Å². The topological polar surface area (TPSA) is 75.2 Å². The maximum atomic E-state index is 13.1. The van der Waals surface area contributed by atoms with E-state index in [1.165, 1.54) is 30.7 Å². The second-order valence-corrected chi connectivity index (χ2v) is 6.90. The van der Waals surface area contributed by atoms with Gasteiger partial charge in [-0.25, -0.2) is 9.37 Å². The van der Waals surface area contributed by atoms with Gasteiger partial charge in [0.05, 0.1) is 6.20 Å². The predicted octanol–water partition coefficient (Wildman–Crippen LogP) is 3.20. The number of rotatable bonds is 5. The highest BCUT2D eigenvalue weighted by Gasteiger charge is 2.25. The number of nitrogens with zero attached hydrogens (tertiary/aromatic N) is 3. The molecule has 2 amide bonds. The van der Waals surface area contributed by atoms with Crippen LogP contribution in [0.3, 0.4) is 0 Å². The number of nitrogens with one attached hydrogen (secondary N) is 1. The van der Waals surface area contributed by atoms with Gasteiger partial charge in [-0.3, -0.25) is 14.6 Å². The second-order valence-electron chi connectivity index (χ2n) is 6.90. The molecule has 0 saturated carbocycles. The van der Waals surface area contributed by atoms with Crippen molar-refractivity contribution in [3.8, 4) is 0 Å². The fourth-order valence-corrected chi connectivity index (χ4v) is 3.37. The highest BCUT2D eigenvalue weighted by Crippen LogP contribution is 2.23. The molecule has 2 heterocycles. The van der Waals surface area contributed by atoms with Gasteiger partial charge in [-0.2, -0.15) is 0 Å². The molecule has 0 aliphatic carbocycles. The van der Waals surface area contributed by atoms with E-state index < -0.39 is 0 Å². The van der Waals surface area contributed by atoms with Crippen molar-refractivity contribution in [3.05, 3.63) is 53.9 Å². The molecule has 0 radical (unpaired) electrons. The number of carbonyl (C=O) groups excluding carboxylic acids is 2. The Hall–Kier alpha value is -2.83. The number of halogens is 1. The van der Waals surface area contributed by atoms with E-state index in [4.69, 9.17) is 0 Å². The molecule has 1 aliphatic heterocycles. The molecule has 6 nitrogen and oxygen atoms in total. The van der Waals surface area contributed by atoms with E-state index in [9.17, 15) is 14.0 Å². The summed E-state index contributed by atoms with van der Waals surface area (Å²) < 4.78 is 13.1. The largest absolute Gasteiger partial charge is 0.337 e. The Morgan fingerprint density at radius 1 is 1.33 bits per heavy atom. The molecule has 2 aromatic rings. The maximum Gasteiger partial charge on any atom is 0.274 e. The van der Waals surface area contributed by atoms with Crippen LogP contribution in [0.25, 0.3) is 0 Å². The summed E-state index contributed by atoms with van der Waals surface area (Å²) in [5.74, 6) is -0.249. The summed E-state index contributed by atoms with van der Waals surface area (Å²) >= 11 is 0. The standard InChI is InChI=1S/C20H23FN4O2/c1-14-11-16(21)5-6-17(14)24-19(26)7-4-15-3-2-10-25(13-15)20(27)18-12-22-8-9-23-18/h5-6,8-9,11-12,15H,2-4,7,10,13H2,1H3,(H,24,26)/t15-/m1/s1. The van der Waals surface area contributed by atoms with Crippen molar-refractivity contribution in [2.24, 2.45) is 5.92 Å². The van der Waals surface area contributed by atoms with Gasteiger partial charge in [0.2, 0.25) is 5.91 Å². The molecule has 1 fully saturated rings. The summed E-state index contributed by atoms with van der Waals surface area (Å²) in [4.78, 5) is 34.5. The lowest BCUT2D eigenvalue weighted by molar-refractivity contribution is -0.116. The van der Waals surface area contributed by atoms with Crippen LogP contribution in [0.2, 0.25) is 0 Å². The summed E-state index contributed by atoms with van der Waals surface area (Å²) in [5, 5.41) is 2.83. The van der Waals surface area contributed by atoms with Gasteiger partial charge in [0, 0.05) is 37.6 Å². The van der Waals surface area contributed by atoms with Crippen molar-refractivity contribution in [3.63, 3.8) is 0 Å². The van der Waals surface area contributed by atoms with Crippen LogP contribution >= 0.6 is 0 Å². The third kappa shape index (κ3) is 5.09. The third-order valence-electron chi connectivity index (χ3n) is 4.83. The Morgan fingerprint density at radius 3 is 2.93 bits per heavy atom. The fourth-order valence-electron chi connectivity index (χ4n) is 3.37. The molecule has 1 aromatic carbocycles. The zero-order valence-electron chi connectivity index (χ0n) is 15.3. The van der Waals surface area contributed by atoms with Crippen molar-refractivity contribution < 1.29 is 14.0 Å². The highest BCUT2D eigenvalue weighted by atomic mass is 19.1.